The Morgan fingerprint density at radius 1 is 1.00 bits per heavy atom. The van der Waals surface area contributed by atoms with Crippen molar-refractivity contribution >= 4 is 11.9 Å². The molecule has 0 bridgehead atoms. The molecule has 0 aromatic carbocycles. The first-order chi connectivity index (χ1) is 14.1. The third-order valence-electron chi connectivity index (χ3n) is 10.5. The van der Waals surface area contributed by atoms with Crippen LogP contribution in [-0.4, -0.2) is 23.1 Å². The third kappa shape index (κ3) is 3.71. The normalized spacial score (nSPS) is 46.3. The summed E-state index contributed by atoms with van der Waals surface area (Å²) in [6, 6.07) is 0. The van der Waals surface area contributed by atoms with Gasteiger partial charge in [-0.3, -0.25) is 9.59 Å². The standard InChI is InChI=1S/C26H42O4/c1-16(5-10-24(28)29)21-8-9-22-20-7-6-18-15-19(30-17(2)27)11-13-25(18,3)23(20)12-14-26(21,22)4/h16,18-23H,5-15H2,1-4H3,(H,28,29)/t16-,18-,19-,20?,21-,22?,23?,25+,26-/m1/s1. The topological polar surface area (TPSA) is 63.6 Å². The molecular formula is C26H42O4. The van der Waals surface area contributed by atoms with Crippen LogP contribution in [-0.2, 0) is 14.3 Å². The van der Waals surface area contributed by atoms with Crippen molar-refractivity contribution in [3.05, 3.63) is 0 Å². The summed E-state index contributed by atoms with van der Waals surface area (Å²) in [7, 11) is 0. The van der Waals surface area contributed by atoms with Gasteiger partial charge in [-0.1, -0.05) is 20.8 Å². The summed E-state index contributed by atoms with van der Waals surface area (Å²) >= 11 is 0. The number of carbonyl (C=O) groups excluding carboxylic acids is 1. The maximum absolute atomic E-state index is 11.5. The molecule has 0 aromatic rings. The molecule has 4 rings (SSSR count). The van der Waals surface area contributed by atoms with E-state index in [1.807, 2.05) is 0 Å². The molecule has 4 aliphatic carbocycles. The van der Waals surface area contributed by atoms with Crippen LogP contribution >= 0.6 is 0 Å². The van der Waals surface area contributed by atoms with Crippen LogP contribution < -0.4 is 0 Å². The van der Waals surface area contributed by atoms with E-state index in [2.05, 4.69) is 20.8 Å². The van der Waals surface area contributed by atoms with Crippen LogP contribution in [0.1, 0.15) is 98.3 Å². The largest absolute Gasteiger partial charge is 0.481 e. The van der Waals surface area contributed by atoms with Crippen LogP contribution in [0.5, 0.6) is 0 Å². The van der Waals surface area contributed by atoms with Crippen LogP contribution in [0.2, 0.25) is 0 Å². The molecule has 3 unspecified atom stereocenters. The van der Waals surface area contributed by atoms with Crippen LogP contribution in [0.25, 0.3) is 0 Å². The number of fused-ring (bicyclic) bond motifs is 5. The summed E-state index contributed by atoms with van der Waals surface area (Å²) in [6.45, 7) is 8.96. The van der Waals surface area contributed by atoms with Gasteiger partial charge in [-0.15, -0.1) is 0 Å². The highest BCUT2D eigenvalue weighted by atomic mass is 16.5. The first-order valence-electron chi connectivity index (χ1n) is 12.5. The lowest BCUT2D eigenvalue weighted by atomic mass is 9.44. The minimum atomic E-state index is -0.652. The van der Waals surface area contributed by atoms with Crippen molar-refractivity contribution in [2.24, 2.45) is 46.3 Å². The van der Waals surface area contributed by atoms with Crippen LogP contribution in [0.15, 0.2) is 0 Å². The summed E-state index contributed by atoms with van der Waals surface area (Å²) in [5, 5.41) is 9.13. The van der Waals surface area contributed by atoms with E-state index in [1.54, 1.807) is 6.92 Å². The van der Waals surface area contributed by atoms with E-state index in [9.17, 15) is 9.59 Å². The third-order valence-corrected chi connectivity index (χ3v) is 10.5. The number of esters is 1. The Hall–Kier alpha value is -1.06. The number of rotatable bonds is 5. The van der Waals surface area contributed by atoms with Gasteiger partial charge in [-0.25, -0.2) is 0 Å². The zero-order valence-corrected chi connectivity index (χ0v) is 19.5. The fourth-order valence-corrected chi connectivity index (χ4v) is 9.09. The van der Waals surface area contributed by atoms with Crippen molar-refractivity contribution in [2.75, 3.05) is 0 Å². The molecule has 0 radical (unpaired) electrons. The molecule has 4 fully saturated rings. The molecule has 4 aliphatic rings. The lowest BCUT2D eigenvalue weighted by Crippen LogP contribution is -2.54. The summed E-state index contributed by atoms with van der Waals surface area (Å²) in [5.41, 5.74) is 0.811. The average molecular weight is 419 g/mol. The highest BCUT2D eigenvalue weighted by Crippen LogP contribution is 2.68. The van der Waals surface area contributed by atoms with Crippen molar-refractivity contribution in [1.82, 2.24) is 0 Å². The molecule has 30 heavy (non-hydrogen) atoms. The first kappa shape index (κ1) is 22.1. The van der Waals surface area contributed by atoms with Gasteiger partial charge >= 0.3 is 11.9 Å². The molecule has 0 amide bonds. The minimum Gasteiger partial charge on any atom is -0.481 e. The summed E-state index contributed by atoms with van der Waals surface area (Å²) in [5.74, 6) is 3.60. The second kappa shape index (κ2) is 8.13. The Bertz CT molecular complexity index is 674. The van der Waals surface area contributed by atoms with E-state index in [0.29, 0.717) is 35.0 Å². The van der Waals surface area contributed by atoms with Gasteiger partial charge in [0.1, 0.15) is 6.10 Å². The smallest absolute Gasteiger partial charge is 0.303 e. The highest BCUT2D eigenvalue weighted by molar-refractivity contribution is 5.66. The predicted octanol–water partition coefficient (Wildman–Crippen LogP) is 6.08. The fraction of sp³-hybridized carbons (Fsp3) is 0.923. The molecule has 4 nitrogen and oxygen atoms in total. The zero-order chi connectivity index (χ0) is 21.7. The molecule has 4 saturated carbocycles. The van der Waals surface area contributed by atoms with Gasteiger partial charge in [0.05, 0.1) is 0 Å². The van der Waals surface area contributed by atoms with Crippen molar-refractivity contribution in [1.29, 1.82) is 0 Å². The van der Waals surface area contributed by atoms with Gasteiger partial charge in [-0.05, 0) is 111 Å². The van der Waals surface area contributed by atoms with Gasteiger partial charge in [0.2, 0.25) is 0 Å². The Kier molecular flexibility index (Phi) is 6.00. The fourth-order valence-electron chi connectivity index (χ4n) is 9.09. The first-order valence-corrected chi connectivity index (χ1v) is 12.5. The number of aliphatic carboxylic acids is 1. The number of carboxylic acid groups (broad SMARTS) is 1. The molecule has 0 spiro atoms. The van der Waals surface area contributed by atoms with Gasteiger partial charge in [0.15, 0.2) is 0 Å². The molecule has 4 heteroatoms. The average Bonchev–Trinajstić information content (AvgIpc) is 3.03. The number of hydrogen-bond donors (Lipinski definition) is 1. The maximum Gasteiger partial charge on any atom is 0.303 e. The lowest BCUT2D eigenvalue weighted by Gasteiger charge is -2.61. The van der Waals surface area contributed by atoms with Gasteiger partial charge in [0, 0.05) is 13.3 Å². The quantitative estimate of drug-likeness (QED) is 0.550. The Morgan fingerprint density at radius 3 is 2.40 bits per heavy atom. The zero-order valence-electron chi connectivity index (χ0n) is 19.5. The summed E-state index contributed by atoms with van der Waals surface area (Å²) < 4.78 is 5.61. The van der Waals surface area contributed by atoms with E-state index in [1.165, 1.54) is 44.9 Å². The molecule has 170 valence electrons. The van der Waals surface area contributed by atoms with Gasteiger partial charge < -0.3 is 9.84 Å². The number of carboxylic acids is 1. The minimum absolute atomic E-state index is 0.125. The molecule has 0 aliphatic heterocycles. The Morgan fingerprint density at radius 2 is 1.70 bits per heavy atom. The SMILES string of the molecule is CC(=O)O[C@@H]1CC[C@]2(C)C3CC[C@@]4(C)C(CC[C@@H]4[C@H](C)CCC(=O)O)C3CC[C@@H]2C1. The van der Waals surface area contributed by atoms with Crippen molar-refractivity contribution in [3.63, 3.8) is 0 Å². The van der Waals surface area contributed by atoms with Gasteiger partial charge in [-0.2, -0.15) is 0 Å². The highest BCUT2D eigenvalue weighted by Gasteiger charge is 2.60. The van der Waals surface area contributed by atoms with Crippen molar-refractivity contribution in [2.45, 2.75) is 104 Å². The van der Waals surface area contributed by atoms with Crippen LogP contribution in [0.3, 0.4) is 0 Å². The van der Waals surface area contributed by atoms with Crippen molar-refractivity contribution < 1.29 is 19.4 Å². The molecule has 9 atom stereocenters. The molecule has 0 saturated heterocycles. The van der Waals surface area contributed by atoms with E-state index >= 15 is 0 Å². The summed E-state index contributed by atoms with van der Waals surface area (Å²) in [6.07, 6.45) is 12.5. The van der Waals surface area contributed by atoms with E-state index in [-0.39, 0.29) is 12.1 Å². The maximum atomic E-state index is 11.5. The van der Waals surface area contributed by atoms with E-state index < -0.39 is 5.97 Å². The van der Waals surface area contributed by atoms with E-state index in [4.69, 9.17) is 9.84 Å². The Balaban J connectivity index is 1.47. The Labute approximate surface area is 182 Å². The van der Waals surface area contributed by atoms with Crippen molar-refractivity contribution in [3.8, 4) is 0 Å². The van der Waals surface area contributed by atoms with E-state index in [0.717, 1.165) is 37.0 Å². The van der Waals surface area contributed by atoms with Gasteiger partial charge in [0.25, 0.3) is 0 Å². The molecular weight excluding hydrogens is 376 g/mol. The number of ether oxygens (including phenoxy) is 1. The lowest BCUT2D eigenvalue weighted by molar-refractivity contribution is -0.160. The molecule has 1 N–H and O–H groups in total. The number of carbonyl (C=O) groups is 2. The monoisotopic (exact) mass is 418 g/mol. The van der Waals surface area contributed by atoms with Crippen LogP contribution in [0, 0.1) is 46.3 Å². The summed E-state index contributed by atoms with van der Waals surface area (Å²) in [4.78, 5) is 22.5. The predicted molar refractivity (Wildman–Crippen MR) is 117 cm³/mol. The molecule has 0 heterocycles. The second-order valence-corrected chi connectivity index (χ2v) is 11.8. The second-order valence-electron chi connectivity index (χ2n) is 11.8. The molecule has 0 aromatic heterocycles. The van der Waals surface area contributed by atoms with Crippen LogP contribution in [0.4, 0.5) is 0 Å². The number of hydrogen-bond acceptors (Lipinski definition) is 3.